The summed E-state index contributed by atoms with van der Waals surface area (Å²) < 4.78 is 5.30. The quantitative estimate of drug-likeness (QED) is 0.890. The van der Waals surface area contributed by atoms with Crippen molar-refractivity contribution < 1.29 is 4.74 Å². The molecule has 0 aromatic carbocycles. The van der Waals surface area contributed by atoms with Gasteiger partial charge in [0.2, 0.25) is 0 Å². The Bertz CT molecular complexity index is 542. The van der Waals surface area contributed by atoms with Crippen molar-refractivity contribution in [1.82, 2.24) is 15.0 Å². The van der Waals surface area contributed by atoms with E-state index in [1.807, 2.05) is 19.9 Å². The molecule has 0 bridgehead atoms. The Hall–Kier alpha value is -2.01. The van der Waals surface area contributed by atoms with E-state index in [0.29, 0.717) is 24.9 Å². The van der Waals surface area contributed by atoms with Crippen LogP contribution in [0.4, 0.5) is 5.82 Å². The number of rotatable bonds is 4. The minimum atomic E-state index is 0.374. The van der Waals surface area contributed by atoms with E-state index in [4.69, 9.17) is 10.5 Å². The first-order valence-electron chi connectivity index (χ1n) is 5.83. The standard InChI is InChI=1S/C13H16N4O/c1-3-18-8-13-16-11(6-12(14)17-13)10-4-5-15-7-9(10)2/h4-7H,3,8H2,1-2H3,(H2,14,16,17). The predicted molar refractivity (Wildman–Crippen MR) is 69.7 cm³/mol. The second-order valence-corrected chi connectivity index (χ2v) is 3.92. The number of nitrogen functional groups attached to an aromatic ring is 1. The van der Waals surface area contributed by atoms with Crippen molar-refractivity contribution in [3.05, 3.63) is 35.9 Å². The SMILES string of the molecule is CCOCc1nc(N)cc(-c2ccncc2C)n1. The molecule has 2 rings (SSSR count). The summed E-state index contributed by atoms with van der Waals surface area (Å²) in [5.41, 5.74) is 8.66. The van der Waals surface area contributed by atoms with E-state index in [9.17, 15) is 0 Å². The number of aromatic nitrogens is 3. The molecule has 0 aliphatic heterocycles. The Kier molecular flexibility index (Phi) is 3.84. The molecule has 2 aromatic rings. The maximum absolute atomic E-state index is 5.80. The van der Waals surface area contributed by atoms with Crippen LogP contribution in [-0.2, 0) is 11.3 Å². The highest BCUT2D eigenvalue weighted by Crippen LogP contribution is 2.21. The summed E-state index contributed by atoms with van der Waals surface area (Å²) in [4.78, 5) is 12.7. The Morgan fingerprint density at radius 1 is 1.33 bits per heavy atom. The first-order valence-corrected chi connectivity index (χ1v) is 5.83. The van der Waals surface area contributed by atoms with Gasteiger partial charge in [-0.2, -0.15) is 0 Å². The lowest BCUT2D eigenvalue weighted by Gasteiger charge is -2.07. The molecule has 0 saturated heterocycles. The lowest BCUT2D eigenvalue weighted by Crippen LogP contribution is -2.04. The van der Waals surface area contributed by atoms with Gasteiger partial charge in [0.25, 0.3) is 0 Å². The van der Waals surface area contributed by atoms with Gasteiger partial charge in [-0.15, -0.1) is 0 Å². The van der Waals surface area contributed by atoms with Crippen LogP contribution in [-0.4, -0.2) is 21.6 Å². The maximum Gasteiger partial charge on any atom is 0.157 e. The first kappa shape index (κ1) is 12.4. The molecule has 18 heavy (non-hydrogen) atoms. The van der Waals surface area contributed by atoms with Gasteiger partial charge in [-0.25, -0.2) is 9.97 Å². The van der Waals surface area contributed by atoms with Crippen molar-refractivity contribution in [1.29, 1.82) is 0 Å². The number of ether oxygens (including phenoxy) is 1. The van der Waals surface area contributed by atoms with Crippen LogP contribution < -0.4 is 5.73 Å². The van der Waals surface area contributed by atoms with Gasteiger partial charge in [-0.3, -0.25) is 4.98 Å². The van der Waals surface area contributed by atoms with E-state index in [1.165, 1.54) is 0 Å². The van der Waals surface area contributed by atoms with E-state index < -0.39 is 0 Å². The number of nitrogens with two attached hydrogens (primary N) is 1. The van der Waals surface area contributed by atoms with Crippen molar-refractivity contribution in [2.24, 2.45) is 0 Å². The van der Waals surface area contributed by atoms with Crippen LogP contribution in [0.2, 0.25) is 0 Å². The minimum absolute atomic E-state index is 0.374. The van der Waals surface area contributed by atoms with Gasteiger partial charge in [-0.05, 0) is 25.5 Å². The van der Waals surface area contributed by atoms with E-state index in [0.717, 1.165) is 16.8 Å². The smallest absolute Gasteiger partial charge is 0.157 e. The van der Waals surface area contributed by atoms with Crippen LogP contribution in [0.5, 0.6) is 0 Å². The summed E-state index contributed by atoms with van der Waals surface area (Å²) in [7, 11) is 0. The third-order valence-electron chi connectivity index (χ3n) is 2.52. The van der Waals surface area contributed by atoms with Crippen molar-refractivity contribution in [2.75, 3.05) is 12.3 Å². The average molecular weight is 244 g/mol. The Balaban J connectivity index is 2.39. The Labute approximate surface area is 106 Å². The van der Waals surface area contributed by atoms with Gasteiger partial charge in [0.15, 0.2) is 5.82 Å². The fraction of sp³-hybridized carbons (Fsp3) is 0.308. The third kappa shape index (κ3) is 2.81. The van der Waals surface area contributed by atoms with Gasteiger partial charge in [-0.1, -0.05) is 0 Å². The summed E-state index contributed by atoms with van der Waals surface area (Å²) >= 11 is 0. The summed E-state index contributed by atoms with van der Waals surface area (Å²) in [5.74, 6) is 1.05. The molecule has 2 heterocycles. The molecule has 0 aliphatic rings. The fourth-order valence-corrected chi connectivity index (χ4v) is 1.67. The molecule has 0 aliphatic carbocycles. The lowest BCUT2D eigenvalue weighted by atomic mass is 10.1. The number of hydrogen-bond donors (Lipinski definition) is 1. The molecule has 5 heteroatoms. The molecule has 0 unspecified atom stereocenters. The highest BCUT2D eigenvalue weighted by atomic mass is 16.5. The van der Waals surface area contributed by atoms with Crippen molar-refractivity contribution in [3.63, 3.8) is 0 Å². The average Bonchev–Trinajstić information content (AvgIpc) is 2.36. The van der Waals surface area contributed by atoms with Crippen LogP contribution in [0.15, 0.2) is 24.5 Å². The molecular formula is C13H16N4O. The first-order chi connectivity index (χ1) is 8.70. The molecule has 5 nitrogen and oxygen atoms in total. The summed E-state index contributed by atoms with van der Waals surface area (Å²) in [5, 5.41) is 0. The molecule has 0 radical (unpaired) electrons. The summed E-state index contributed by atoms with van der Waals surface area (Å²) in [6.45, 7) is 4.92. The second kappa shape index (κ2) is 5.55. The fourth-order valence-electron chi connectivity index (χ4n) is 1.67. The van der Waals surface area contributed by atoms with E-state index in [2.05, 4.69) is 15.0 Å². The monoisotopic (exact) mass is 244 g/mol. The number of pyridine rings is 1. The Morgan fingerprint density at radius 2 is 2.17 bits per heavy atom. The second-order valence-electron chi connectivity index (χ2n) is 3.92. The maximum atomic E-state index is 5.80. The number of nitrogens with zero attached hydrogens (tertiary/aromatic N) is 3. The van der Waals surface area contributed by atoms with E-state index in [1.54, 1.807) is 18.5 Å². The van der Waals surface area contributed by atoms with Crippen LogP contribution >= 0.6 is 0 Å². The van der Waals surface area contributed by atoms with Crippen LogP contribution in [0, 0.1) is 6.92 Å². The molecule has 0 spiro atoms. The number of anilines is 1. The van der Waals surface area contributed by atoms with Crippen molar-refractivity contribution in [3.8, 4) is 11.3 Å². The highest BCUT2D eigenvalue weighted by Gasteiger charge is 2.07. The molecule has 94 valence electrons. The Morgan fingerprint density at radius 3 is 2.89 bits per heavy atom. The molecule has 0 saturated carbocycles. The largest absolute Gasteiger partial charge is 0.384 e. The third-order valence-corrected chi connectivity index (χ3v) is 2.52. The van der Waals surface area contributed by atoms with Gasteiger partial charge in [0, 0.05) is 30.6 Å². The normalized spacial score (nSPS) is 10.6. The van der Waals surface area contributed by atoms with Gasteiger partial charge < -0.3 is 10.5 Å². The van der Waals surface area contributed by atoms with Crippen LogP contribution in [0.3, 0.4) is 0 Å². The van der Waals surface area contributed by atoms with Crippen LogP contribution in [0.1, 0.15) is 18.3 Å². The van der Waals surface area contributed by atoms with E-state index >= 15 is 0 Å². The van der Waals surface area contributed by atoms with Crippen molar-refractivity contribution in [2.45, 2.75) is 20.5 Å². The van der Waals surface area contributed by atoms with Gasteiger partial charge in [0.05, 0.1) is 5.69 Å². The van der Waals surface area contributed by atoms with Gasteiger partial charge in [0.1, 0.15) is 12.4 Å². The van der Waals surface area contributed by atoms with Gasteiger partial charge >= 0.3 is 0 Å². The summed E-state index contributed by atoms with van der Waals surface area (Å²) in [6, 6.07) is 3.68. The minimum Gasteiger partial charge on any atom is -0.384 e. The number of aryl methyl sites for hydroxylation is 1. The number of hydrogen-bond acceptors (Lipinski definition) is 5. The molecular weight excluding hydrogens is 228 g/mol. The molecule has 2 aromatic heterocycles. The van der Waals surface area contributed by atoms with Crippen molar-refractivity contribution >= 4 is 5.82 Å². The van der Waals surface area contributed by atoms with E-state index in [-0.39, 0.29) is 0 Å². The zero-order valence-corrected chi connectivity index (χ0v) is 10.6. The zero-order valence-electron chi connectivity index (χ0n) is 10.6. The molecule has 0 atom stereocenters. The predicted octanol–water partition coefficient (Wildman–Crippen LogP) is 1.97. The summed E-state index contributed by atoms with van der Waals surface area (Å²) in [6.07, 6.45) is 3.54. The molecule has 2 N–H and O–H groups in total. The molecule has 0 amide bonds. The topological polar surface area (TPSA) is 73.9 Å². The lowest BCUT2D eigenvalue weighted by molar-refractivity contribution is 0.128. The van der Waals surface area contributed by atoms with Crippen LogP contribution in [0.25, 0.3) is 11.3 Å². The highest BCUT2D eigenvalue weighted by molar-refractivity contribution is 5.64. The zero-order chi connectivity index (χ0) is 13.0. The molecule has 0 fully saturated rings.